The molecule has 0 saturated carbocycles. The Morgan fingerprint density at radius 1 is 1.31 bits per heavy atom. The molecule has 16 heavy (non-hydrogen) atoms. The Morgan fingerprint density at radius 3 is 2.25 bits per heavy atom. The molecule has 1 aromatic rings. The lowest BCUT2D eigenvalue weighted by molar-refractivity contribution is -0.139. The number of carbonyl (C=O) groups excluding carboxylic acids is 1. The minimum atomic E-state index is -4.84. The quantitative estimate of drug-likeness (QED) is 0.582. The largest absolute Gasteiger partial charge is 0.496 e. The minimum absolute atomic E-state index is 0.570. The molecule has 0 bridgehead atoms. The fourth-order valence-electron chi connectivity index (χ4n) is 1.35. The van der Waals surface area contributed by atoms with Crippen LogP contribution in [0.4, 0.5) is 17.6 Å². The second-order valence-corrected chi connectivity index (χ2v) is 3.05. The van der Waals surface area contributed by atoms with Crippen LogP contribution in [0.3, 0.4) is 0 Å². The van der Waals surface area contributed by atoms with Crippen molar-refractivity contribution in [2.24, 2.45) is 0 Å². The number of rotatable bonds is 2. The molecule has 0 atom stereocenters. The van der Waals surface area contributed by atoms with Crippen LogP contribution in [0.5, 0.6) is 5.75 Å². The lowest BCUT2D eigenvalue weighted by atomic mass is 10.0. The van der Waals surface area contributed by atoms with Gasteiger partial charge in [0.05, 0.1) is 12.7 Å². The van der Waals surface area contributed by atoms with Crippen LogP contribution in [0.25, 0.3) is 0 Å². The average Bonchev–Trinajstić information content (AvgIpc) is 2.15. The monoisotopic (exact) mass is 236 g/mol. The van der Waals surface area contributed by atoms with E-state index in [0.717, 1.165) is 26.2 Å². The topological polar surface area (TPSA) is 26.3 Å². The molecular formula is C10H8F4O2. The Morgan fingerprint density at radius 2 is 1.88 bits per heavy atom. The van der Waals surface area contributed by atoms with Gasteiger partial charge in [-0.15, -0.1) is 0 Å². The van der Waals surface area contributed by atoms with Crippen LogP contribution in [-0.4, -0.2) is 12.9 Å². The van der Waals surface area contributed by atoms with E-state index in [9.17, 15) is 22.4 Å². The molecule has 0 saturated heterocycles. The smallest absolute Gasteiger partial charge is 0.420 e. The number of ketones is 1. The molecule has 2 nitrogen and oxygen atoms in total. The van der Waals surface area contributed by atoms with Gasteiger partial charge in [0.1, 0.15) is 17.1 Å². The van der Waals surface area contributed by atoms with Gasteiger partial charge in [0, 0.05) is 0 Å². The van der Waals surface area contributed by atoms with Crippen molar-refractivity contribution in [1.29, 1.82) is 0 Å². The van der Waals surface area contributed by atoms with Gasteiger partial charge in [-0.3, -0.25) is 4.79 Å². The molecule has 0 unspecified atom stereocenters. The Labute approximate surface area is 88.8 Å². The molecule has 1 rings (SSSR count). The van der Waals surface area contributed by atoms with Crippen molar-refractivity contribution in [3.8, 4) is 5.75 Å². The summed E-state index contributed by atoms with van der Waals surface area (Å²) in [6.07, 6.45) is -4.84. The van der Waals surface area contributed by atoms with E-state index in [2.05, 4.69) is 4.74 Å². The van der Waals surface area contributed by atoms with E-state index in [0.29, 0.717) is 0 Å². The third-order valence-electron chi connectivity index (χ3n) is 1.97. The Hall–Kier alpha value is -1.59. The summed E-state index contributed by atoms with van der Waals surface area (Å²) < 4.78 is 55.6. The first-order valence-electron chi connectivity index (χ1n) is 4.23. The summed E-state index contributed by atoms with van der Waals surface area (Å²) in [5.41, 5.74) is -2.37. The minimum Gasteiger partial charge on any atom is -0.496 e. The number of Topliss-reactive ketones (excluding diaryl/α,β-unsaturated/α-hetero) is 1. The van der Waals surface area contributed by atoms with Gasteiger partial charge in [0.2, 0.25) is 0 Å². The van der Waals surface area contributed by atoms with Crippen molar-refractivity contribution < 1.29 is 27.1 Å². The van der Waals surface area contributed by atoms with Crippen LogP contribution in [0.15, 0.2) is 12.1 Å². The zero-order valence-corrected chi connectivity index (χ0v) is 8.48. The summed E-state index contributed by atoms with van der Waals surface area (Å²) in [7, 11) is 1.02. The predicted molar refractivity (Wildman–Crippen MR) is 48.0 cm³/mol. The first-order chi connectivity index (χ1) is 7.29. The molecular weight excluding hydrogens is 228 g/mol. The zero-order valence-electron chi connectivity index (χ0n) is 8.48. The van der Waals surface area contributed by atoms with Crippen LogP contribution in [-0.2, 0) is 6.18 Å². The van der Waals surface area contributed by atoms with Crippen molar-refractivity contribution in [2.45, 2.75) is 13.1 Å². The van der Waals surface area contributed by atoms with Gasteiger partial charge in [-0.2, -0.15) is 13.2 Å². The normalized spacial score (nSPS) is 11.4. The van der Waals surface area contributed by atoms with Crippen LogP contribution in [0, 0.1) is 5.82 Å². The van der Waals surface area contributed by atoms with Gasteiger partial charge in [-0.05, 0) is 19.1 Å². The molecule has 0 aliphatic heterocycles. The lowest BCUT2D eigenvalue weighted by Crippen LogP contribution is -2.15. The molecule has 88 valence electrons. The van der Waals surface area contributed by atoms with E-state index in [-0.39, 0.29) is 0 Å². The highest BCUT2D eigenvalue weighted by Gasteiger charge is 2.39. The summed E-state index contributed by atoms with van der Waals surface area (Å²) in [5, 5.41) is 0. The van der Waals surface area contributed by atoms with Gasteiger partial charge >= 0.3 is 6.18 Å². The molecule has 0 spiro atoms. The Bertz CT molecular complexity index is 424. The van der Waals surface area contributed by atoms with E-state index >= 15 is 0 Å². The first-order valence-corrected chi connectivity index (χ1v) is 4.23. The SMILES string of the molecule is COc1ccc(F)c(C(C)=O)c1C(F)(F)F. The Balaban J connectivity index is 3.62. The van der Waals surface area contributed by atoms with Gasteiger partial charge in [0.15, 0.2) is 5.78 Å². The van der Waals surface area contributed by atoms with Crippen molar-refractivity contribution in [3.63, 3.8) is 0 Å². The molecule has 0 heterocycles. The molecule has 0 radical (unpaired) electrons. The number of ether oxygens (including phenoxy) is 1. The van der Waals surface area contributed by atoms with Crippen molar-refractivity contribution >= 4 is 5.78 Å². The maximum Gasteiger partial charge on any atom is 0.420 e. The highest BCUT2D eigenvalue weighted by Crippen LogP contribution is 2.39. The zero-order chi connectivity index (χ0) is 12.5. The van der Waals surface area contributed by atoms with Gasteiger partial charge < -0.3 is 4.74 Å². The number of halogens is 4. The predicted octanol–water partition coefficient (Wildman–Crippen LogP) is 3.06. The van der Waals surface area contributed by atoms with Gasteiger partial charge in [-0.1, -0.05) is 0 Å². The van der Waals surface area contributed by atoms with E-state index < -0.39 is 34.7 Å². The number of hydrogen-bond acceptors (Lipinski definition) is 2. The molecule has 0 aromatic heterocycles. The molecule has 0 aliphatic rings. The Kier molecular flexibility index (Phi) is 3.21. The summed E-state index contributed by atoms with van der Waals surface area (Å²) in [4.78, 5) is 11.0. The molecule has 0 amide bonds. The van der Waals surface area contributed by atoms with E-state index in [1.807, 2.05) is 0 Å². The number of carbonyl (C=O) groups is 1. The molecule has 0 N–H and O–H groups in total. The highest BCUT2D eigenvalue weighted by atomic mass is 19.4. The molecule has 0 aliphatic carbocycles. The number of hydrogen-bond donors (Lipinski definition) is 0. The average molecular weight is 236 g/mol. The van der Waals surface area contributed by atoms with E-state index in [1.165, 1.54) is 0 Å². The van der Waals surface area contributed by atoms with E-state index in [1.54, 1.807) is 0 Å². The second kappa shape index (κ2) is 4.11. The van der Waals surface area contributed by atoms with E-state index in [4.69, 9.17) is 0 Å². The van der Waals surface area contributed by atoms with Crippen LogP contribution in [0.2, 0.25) is 0 Å². The number of alkyl halides is 3. The van der Waals surface area contributed by atoms with Gasteiger partial charge in [-0.25, -0.2) is 4.39 Å². The summed E-state index contributed by atoms with van der Waals surface area (Å²) >= 11 is 0. The third-order valence-corrected chi connectivity index (χ3v) is 1.97. The number of benzene rings is 1. The van der Waals surface area contributed by atoms with Crippen LogP contribution < -0.4 is 4.74 Å². The van der Waals surface area contributed by atoms with Crippen LogP contribution >= 0.6 is 0 Å². The first kappa shape index (κ1) is 12.5. The molecule has 0 fully saturated rings. The summed E-state index contributed by atoms with van der Waals surface area (Å²) in [5.74, 6) is -2.77. The summed E-state index contributed by atoms with van der Waals surface area (Å²) in [6.45, 7) is 0.868. The molecule has 1 aromatic carbocycles. The number of methoxy groups -OCH3 is 1. The second-order valence-electron chi connectivity index (χ2n) is 3.05. The maximum atomic E-state index is 13.2. The van der Waals surface area contributed by atoms with Crippen molar-refractivity contribution in [3.05, 3.63) is 29.1 Å². The summed E-state index contributed by atoms with van der Waals surface area (Å²) in [6, 6.07) is 1.61. The lowest BCUT2D eigenvalue weighted by Gasteiger charge is -2.15. The van der Waals surface area contributed by atoms with Crippen molar-refractivity contribution in [2.75, 3.05) is 7.11 Å². The van der Waals surface area contributed by atoms with Crippen LogP contribution in [0.1, 0.15) is 22.8 Å². The fourth-order valence-corrected chi connectivity index (χ4v) is 1.35. The maximum absolute atomic E-state index is 13.2. The third kappa shape index (κ3) is 2.15. The highest BCUT2D eigenvalue weighted by molar-refractivity contribution is 5.96. The fraction of sp³-hybridized carbons (Fsp3) is 0.300. The van der Waals surface area contributed by atoms with Crippen molar-refractivity contribution in [1.82, 2.24) is 0 Å². The standard InChI is InChI=1S/C10H8F4O2/c1-5(15)8-6(11)3-4-7(16-2)9(8)10(12,13)14/h3-4H,1-2H3. The van der Waals surface area contributed by atoms with Gasteiger partial charge in [0.25, 0.3) is 0 Å². The molecule has 6 heteroatoms.